The predicted molar refractivity (Wildman–Crippen MR) is 120 cm³/mol. The van der Waals surface area contributed by atoms with E-state index in [1.807, 2.05) is 12.1 Å². The molecule has 9 nitrogen and oxygen atoms in total. The van der Waals surface area contributed by atoms with Crippen molar-refractivity contribution in [3.8, 4) is 11.5 Å². The Bertz CT molecular complexity index is 940. The van der Waals surface area contributed by atoms with E-state index in [1.165, 1.54) is 0 Å². The fourth-order valence-electron chi connectivity index (χ4n) is 3.44. The number of piperazine rings is 1. The van der Waals surface area contributed by atoms with Gasteiger partial charge in [-0.2, -0.15) is 0 Å². The van der Waals surface area contributed by atoms with Crippen molar-refractivity contribution in [2.45, 2.75) is 0 Å². The summed E-state index contributed by atoms with van der Waals surface area (Å²) in [7, 11) is 3.11. The van der Waals surface area contributed by atoms with Crippen LogP contribution in [0.5, 0.6) is 11.5 Å². The Morgan fingerprint density at radius 1 is 0.875 bits per heavy atom. The zero-order valence-corrected chi connectivity index (χ0v) is 18.3. The van der Waals surface area contributed by atoms with Crippen molar-refractivity contribution >= 4 is 23.4 Å². The minimum absolute atomic E-state index is 0.0504. The summed E-state index contributed by atoms with van der Waals surface area (Å²) in [5.41, 5.74) is 1.07. The molecule has 0 saturated carbocycles. The quantitative estimate of drug-likeness (QED) is 0.628. The van der Waals surface area contributed by atoms with E-state index in [2.05, 4.69) is 15.5 Å². The summed E-state index contributed by atoms with van der Waals surface area (Å²) in [5, 5.41) is 5.18. The number of carbonyl (C=O) groups excluding carboxylic acids is 3. The van der Waals surface area contributed by atoms with E-state index in [9.17, 15) is 14.4 Å². The molecule has 1 fully saturated rings. The molecule has 0 atom stereocenters. The van der Waals surface area contributed by atoms with Gasteiger partial charge < -0.3 is 25.0 Å². The van der Waals surface area contributed by atoms with Gasteiger partial charge in [0.05, 0.1) is 19.8 Å². The third-order valence-corrected chi connectivity index (χ3v) is 5.26. The molecular weight excluding hydrogens is 412 g/mol. The summed E-state index contributed by atoms with van der Waals surface area (Å²) >= 11 is 0. The zero-order chi connectivity index (χ0) is 22.9. The predicted octanol–water partition coefficient (Wildman–Crippen LogP) is 1.22. The van der Waals surface area contributed by atoms with Crippen LogP contribution in [0.2, 0.25) is 0 Å². The number of benzene rings is 2. The van der Waals surface area contributed by atoms with Crippen LogP contribution in [0.3, 0.4) is 0 Å². The standard InChI is InChI=1S/C23H28N4O5/c1-31-18-9-7-17(8-10-18)25-22(29)21(28)24-11-12-26-13-15-27(16-14-26)23(30)19-5-3-4-6-20(19)32-2/h3-10H,11-16H2,1-2H3,(H,24,28)(H,25,29). The van der Waals surface area contributed by atoms with Crippen LogP contribution >= 0.6 is 0 Å². The first-order valence-electron chi connectivity index (χ1n) is 10.4. The Morgan fingerprint density at radius 2 is 1.56 bits per heavy atom. The van der Waals surface area contributed by atoms with Crippen LogP contribution in [0.4, 0.5) is 5.69 Å². The van der Waals surface area contributed by atoms with E-state index in [1.54, 1.807) is 55.5 Å². The SMILES string of the molecule is COc1ccc(NC(=O)C(=O)NCCN2CCN(C(=O)c3ccccc3OC)CC2)cc1. The van der Waals surface area contributed by atoms with Crippen molar-refractivity contribution < 1.29 is 23.9 Å². The first-order valence-corrected chi connectivity index (χ1v) is 10.4. The monoisotopic (exact) mass is 440 g/mol. The number of carbonyl (C=O) groups is 3. The van der Waals surface area contributed by atoms with E-state index in [-0.39, 0.29) is 5.91 Å². The first-order chi connectivity index (χ1) is 15.5. The number of amides is 3. The number of anilines is 1. The van der Waals surface area contributed by atoms with Crippen molar-refractivity contribution in [1.29, 1.82) is 0 Å². The summed E-state index contributed by atoms with van der Waals surface area (Å²) in [5.74, 6) is -0.230. The third-order valence-electron chi connectivity index (χ3n) is 5.26. The zero-order valence-electron chi connectivity index (χ0n) is 18.3. The molecule has 3 amide bonds. The first kappa shape index (κ1) is 23.1. The summed E-state index contributed by atoms with van der Waals surface area (Å²) in [6.45, 7) is 3.49. The van der Waals surface area contributed by atoms with Crippen LogP contribution in [-0.2, 0) is 9.59 Å². The Labute approximate surface area is 187 Å². The summed E-state index contributed by atoms with van der Waals surface area (Å²) in [6.07, 6.45) is 0. The molecule has 3 rings (SSSR count). The number of rotatable bonds is 7. The van der Waals surface area contributed by atoms with Gasteiger partial charge in [-0.15, -0.1) is 0 Å². The van der Waals surface area contributed by atoms with Crippen LogP contribution in [0.25, 0.3) is 0 Å². The molecule has 0 bridgehead atoms. The average molecular weight is 441 g/mol. The molecule has 170 valence electrons. The number of hydrogen-bond donors (Lipinski definition) is 2. The van der Waals surface area contributed by atoms with Gasteiger partial charge in [-0.25, -0.2) is 0 Å². The number of ether oxygens (including phenoxy) is 2. The van der Waals surface area contributed by atoms with Crippen LogP contribution in [0.15, 0.2) is 48.5 Å². The summed E-state index contributed by atoms with van der Waals surface area (Å²) in [6, 6.07) is 13.9. The second kappa shape index (κ2) is 11.1. The third kappa shape index (κ3) is 5.98. The van der Waals surface area contributed by atoms with Crippen molar-refractivity contribution in [1.82, 2.24) is 15.1 Å². The van der Waals surface area contributed by atoms with Gasteiger partial charge in [0.1, 0.15) is 11.5 Å². The Morgan fingerprint density at radius 3 is 2.22 bits per heavy atom. The van der Waals surface area contributed by atoms with Crippen molar-refractivity contribution in [3.63, 3.8) is 0 Å². The molecule has 1 heterocycles. The maximum Gasteiger partial charge on any atom is 0.313 e. The number of nitrogens with one attached hydrogen (secondary N) is 2. The number of methoxy groups -OCH3 is 2. The van der Waals surface area contributed by atoms with Gasteiger partial charge in [-0.05, 0) is 36.4 Å². The Hall–Kier alpha value is -3.59. The number of hydrogen-bond acceptors (Lipinski definition) is 6. The van der Waals surface area contributed by atoms with Crippen LogP contribution < -0.4 is 20.1 Å². The normalized spacial score (nSPS) is 13.9. The molecule has 0 spiro atoms. The highest BCUT2D eigenvalue weighted by Crippen LogP contribution is 2.20. The Balaban J connectivity index is 1.38. The molecule has 1 aliphatic rings. The van der Waals surface area contributed by atoms with E-state index in [0.29, 0.717) is 62.0 Å². The van der Waals surface area contributed by atoms with Crippen LogP contribution in [-0.4, -0.2) is 81.0 Å². The van der Waals surface area contributed by atoms with Crippen molar-refractivity contribution in [2.75, 3.05) is 58.8 Å². The summed E-state index contributed by atoms with van der Waals surface area (Å²) in [4.78, 5) is 40.8. The number of para-hydroxylation sites is 1. The van der Waals surface area contributed by atoms with E-state index >= 15 is 0 Å². The largest absolute Gasteiger partial charge is 0.497 e. The molecule has 2 aromatic carbocycles. The maximum atomic E-state index is 12.8. The molecule has 9 heteroatoms. The highest BCUT2D eigenvalue weighted by atomic mass is 16.5. The van der Waals surface area contributed by atoms with E-state index < -0.39 is 11.8 Å². The molecule has 2 N–H and O–H groups in total. The summed E-state index contributed by atoms with van der Waals surface area (Å²) < 4.78 is 10.3. The topological polar surface area (TPSA) is 100 Å². The highest BCUT2D eigenvalue weighted by Gasteiger charge is 2.24. The smallest absolute Gasteiger partial charge is 0.313 e. The second-order valence-corrected chi connectivity index (χ2v) is 7.27. The van der Waals surface area contributed by atoms with Crippen molar-refractivity contribution in [2.24, 2.45) is 0 Å². The molecule has 2 aromatic rings. The molecule has 0 aromatic heterocycles. The Kier molecular flexibility index (Phi) is 8.04. The highest BCUT2D eigenvalue weighted by molar-refractivity contribution is 6.39. The lowest BCUT2D eigenvalue weighted by atomic mass is 10.1. The average Bonchev–Trinajstić information content (AvgIpc) is 2.84. The van der Waals surface area contributed by atoms with Gasteiger partial charge in [0.2, 0.25) is 0 Å². The molecule has 32 heavy (non-hydrogen) atoms. The van der Waals surface area contributed by atoms with E-state index in [4.69, 9.17) is 9.47 Å². The molecular formula is C23H28N4O5. The van der Waals surface area contributed by atoms with Crippen molar-refractivity contribution in [3.05, 3.63) is 54.1 Å². The van der Waals surface area contributed by atoms with Crippen LogP contribution in [0.1, 0.15) is 10.4 Å². The van der Waals surface area contributed by atoms with Crippen LogP contribution in [0, 0.1) is 0 Å². The second-order valence-electron chi connectivity index (χ2n) is 7.27. The lowest BCUT2D eigenvalue weighted by Crippen LogP contribution is -2.50. The molecule has 0 radical (unpaired) electrons. The molecule has 0 aliphatic carbocycles. The van der Waals surface area contributed by atoms with Gasteiger partial charge in [-0.3, -0.25) is 19.3 Å². The molecule has 1 saturated heterocycles. The number of nitrogens with zero attached hydrogens (tertiary/aromatic N) is 2. The van der Waals surface area contributed by atoms with Gasteiger partial charge in [0, 0.05) is 45.0 Å². The minimum atomic E-state index is -0.720. The maximum absolute atomic E-state index is 12.8. The molecule has 0 unspecified atom stereocenters. The lowest BCUT2D eigenvalue weighted by Gasteiger charge is -2.34. The lowest BCUT2D eigenvalue weighted by molar-refractivity contribution is -0.136. The van der Waals surface area contributed by atoms with Gasteiger partial charge in [0.25, 0.3) is 5.91 Å². The molecule has 1 aliphatic heterocycles. The van der Waals surface area contributed by atoms with E-state index in [0.717, 1.165) is 0 Å². The fourth-order valence-corrected chi connectivity index (χ4v) is 3.44. The van der Waals surface area contributed by atoms with Gasteiger partial charge >= 0.3 is 11.8 Å². The van der Waals surface area contributed by atoms with Gasteiger partial charge in [-0.1, -0.05) is 12.1 Å². The van der Waals surface area contributed by atoms with Gasteiger partial charge in [0.15, 0.2) is 0 Å². The minimum Gasteiger partial charge on any atom is -0.497 e. The fraction of sp³-hybridized carbons (Fsp3) is 0.348.